The number of para-hydroxylation sites is 1. The molecule has 0 radical (unpaired) electrons. The lowest BCUT2D eigenvalue weighted by Gasteiger charge is -2.16. The van der Waals surface area contributed by atoms with Crippen LogP contribution < -0.4 is 20.5 Å². The molecule has 8 nitrogen and oxygen atoms in total. The van der Waals surface area contributed by atoms with Crippen molar-refractivity contribution in [3.63, 3.8) is 0 Å². The summed E-state index contributed by atoms with van der Waals surface area (Å²) in [6.45, 7) is 1.44. The Morgan fingerprint density at radius 2 is 1.67 bits per heavy atom. The van der Waals surface area contributed by atoms with Crippen molar-refractivity contribution in [1.29, 1.82) is 0 Å². The highest BCUT2D eigenvalue weighted by molar-refractivity contribution is 5.99. The highest BCUT2D eigenvalue weighted by Crippen LogP contribution is 2.31. The fourth-order valence-electron chi connectivity index (χ4n) is 2.29. The van der Waals surface area contributed by atoms with Crippen LogP contribution in [0.4, 0.5) is 5.69 Å². The molecule has 27 heavy (non-hydrogen) atoms. The van der Waals surface area contributed by atoms with Gasteiger partial charge in [-0.1, -0.05) is 6.07 Å². The average molecular weight is 372 g/mol. The Bertz CT molecular complexity index is 848. The third-order valence-electron chi connectivity index (χ3n) is 3.71. The minimum atomic E-state index is -1.07. The van der Waals surface area contributed by atoms with Gasteiger partial charge in [-0.15, -0.1) is 0 Å². The third-order valence-corrected chi connectivity index (χ3v) is 3.71. The van der Waals surface area contributed by atoms with E-state index in [-0.39, 0.29) is 11.3 Å². The Labute approximate surface area is 156 Å². The number of nitrogens with one attached hydrogen (secondary N) is 1. The summed E-state index contributed by atoms with van der Waals surface area (Å²) < 4.78 is 15.5. The molecule has 0 aliphatic heterocycles. The topological polar surface area (TPSA) is 117 Å². The summed E-state index contributed by atoms with van der Waals surface area (Å²) in [5.74, 6) is -1.23. The molecule has 1 atom stereocenters. The van der Waals surface area contributed by atoms with Gasteiger partial charge in [-0.2, -0.15) is 0 Å². The second-order valence-corrected chi connectivity index (χ2v) is 5.52. The number of hydrogen-bond donors (Lipinski definition) is 2. The Kier molecular flexibility index (Phi) is 6.37. The summed E-state index contributed by atoms with van der Waals surface area (Å²) in [5.41, 5.74) is 6.06. The molecule has 2 aromatic carbocycles. The minimum absolute atomic E-state index is 0.141. The van der Waals surface area contributed by atoms with Gasteiger partial charge in [0.15, 0.2) is 17.6 Å². The van der Waals surface area contributed by atoms with E-state index in [0.717, 1.165) is 0 Å². The fourth-order valence-corrected chi connectivity index (χ4v) is 2.29. The zero-order valence-electron chi connectivity index (χ0n) is 15.1. The smallest absolute Gasteiger partial charge is 0.342 e. The Morgan fingerprint density at radius 3 is 2.22 bits per heavy atom. The van der Waals surface area contributed by atoms with Gasteiger partial charge in [-0.25, -0.2) is 4.79 Å². The van der Waals surface area contributed by atoms with E-state index in [1.807, 2.05) is 0 Å². The van der Waals surface area contributed by atoms with Gasteiger partial charge in [0.2, 0.25) is 5.91 Å². The molecular weight excluding hydrogens is 352 g/mol. The summed E-state index contributed by atoms with van der Waals surface area (Å²) in [6, 6.07) is 10.8. The second kappa shape index (κ2) is 8.70. The number of rotatable bonds is 7. The van der Waals surface area contributed by atoms with Gasteiger partial charge >= 0.3 is 5.97 Å². The minimum Gasteiger partial charge on any atom is -0.493 e. The molecule has 0 aliphatic rings. The summed E-state index contributed by atoms with van der Waals surface area (Å²) in [6.07, 6.45) is -1.07. The van der Waals surface area contributed by atoms with Crippen LogP contribution in [0.3, 0.4) is 0 Å². The molecule has 0 aromatic heterocycles. The molecule has 0 saturated heterocycles. The van der Waals surface area contributed by atoms with Crippen LogP contribution in [0.5, 0.6) is 11.5 Å². The SMILES string of the molecule is COc1cccc(C(=O)O[C@H](C)C(=O)Nc2ccc(C(N)=O)cc2)c1OC. The first-order valence-corrected chi connectivity index (χ1v) is 8.00. The van der Waals surface area contributed by atoms with Crippen LogP contribution in [-0.4, -0.2) is 38.1 Å². The summed E-state index contributed by atoms with van der Waals surface area (Å²) >= 11 is 0. The molecule has 0 unspecified atom stereocenters. The van der Waals surface area contributed by atoms with Crippen LogP contribution in [0.2, 0.25) is 0 Å². The number of hydrogen-bond acceptors (Lipinski definition) is 6. The number of carbonyl (C=O) groups excluding carboxylic acids is 3. The van der Waals surface area contributed by atoms with Crippen molar-refractivity contribution in [1.82, 2.24) is 0 Å². The number of benzene rings is 2. The van der Waals surface area contributed by atoms with Crippen molar-refractivity contribution in [2.75, 3.05) is 19.5 Å². The maximum absolute atomic E-state index is 12.4. The summed E-state index contributed by atoms with van der Waals surface area (Å²) in [4.78, 5) is 35.7. The highest BCUT2D eigenvalue weighted by Gasteiger charge is 2.23. The summed E-state index contributed by atoms with van der Waals surface area (Å²) in [7, 11) is 2.85. The zero-order chi connectivity index (χ0) is 20.0. The van der Waals surface area contributed by atoms with Crippen LogP contribution in [-0.2, 0) is 9.53 Å². The molecule has 0 saturated carbocycles. The average Bonchev–Trinajstić information content (AvgIpc) is 2.67. The van der Waals surface area contributed by atoms with Crippen molar-refractivity contribution >= 4 is 23.5 Å². The van der Waals surface area contributed by atoms with Crippen molar-refractivity contribution in [3.05, 3.63) is 53.6 Å². The number of esters is 1. The monoisotopic (exact) mass is 372 g/mol. The second-order valence-electron chi connectivity index (χ2n) is 5.52. The highest BCUT2D eigenvalue weighted by atomic mass is 16.6. The molecule has 0 heterocycles. The predicted molar refractivity (Wildman–Crippen MR) is 98.0 cm³/mol. The van der Waals surface area contributed by atoms with E-state index in [9.17, 15) is 14.4 Å². The molecule has 142 valence electrons. The maximum Gasteiger partial charge on any atom is 0.342 e. The first kappa shape index (κ1) is 19.8. The van der Waals surface area contributed by atoms with E-state index in [1.165, 1.54) is 51.5 Å². The van der Waals surface area contributed by atoms with Crippen molar-refractivity contribution in [2.24, 2.45) is 5.73 Å². The first-order chi connectivity index (χ1) is 12.9. The predicted octanol–water partition coefficient (Wildman–Crippen LogP) is 1.99. The molecular formula is C19H20N2O6. The van der Waals surface area contributed by atoms with E-state index in [2.05, 4.69) is 5.32 Å². The maximum atomic E-state index is 12.4. The van der Waals surface area contributed by atoms with Crippen LogP contribution in [0.15, 0.2) is 42.5 Å². The van der Waals surface area contributed by atoms with E-state index in [0.29, 0.717) is 17.0 Å². The Balaban J connectivity index is 2.05. The van der Waals surface area contributed by atoms with E-state index >= 15 is 0 Å². The van der Waals surface area contributed by atoms with Crippen molar-refractivity contribution in [2.45, 2.75) is 13.0 Å². The van der Waals surface area contributed by atoms with Gasteiger partial charge in [-0.3, -0.25) is 9.59 Å². The largest absolute Gasteiger partial charge is 0.493 e. The van der Waals surface area contributed by atoms with Gasteiger partial charge in [0.25, 0.3) is 5.91 Å². The molecule has 0 spiro atoms. The van der Waals surface area contributed by atoms with Crippen LogP contribution >= 0.6 is 0 Å². The van der Waals surface area contributed by atoms with Gasteiger partial charge in [0.1, 0.15) is 5.56 Å². The van der Waals surface area contributed by atoms with Crippen LogP contribution in [0.1, 0.15) is 27.6 Å². The number of methoxy groups -OCH3 is 2. The molecule has 0 bridgehead atoms. The van der Waals surface area contributed by atoms with Gasteiger partial charge in [-0.05, 0) is 43.3 Å². The van der Waals surface area contributed by atoms with Gasteiger partial charge in [0, 0.05) is 11.3 Å². The van der Waals surface area contributed by atoms with Crippen LogP contribution in [0, 0.1) is 0 Å². The number of amides is 2. The summed E-state index contributed by atoms with van der Waals surface area (Å²) in [5, 5.41) is 2.59. The molecule has 0 fully saturated rings. The molecule has 8 heteroatoms. The number of anilines is 1. The van der Waals surface area contributed by atoms with Crippen molar-refractivity contribution in [3.8, 4) is 11.5 Å². The van der Waals surface area contributed by atoms with Crippen molar-refractivity contribution < 1.29 is 28.6 Å². The standard InChI is InChI=1S/C19H20N2O6/c1-11(18(23)21-13-9-7-12(8-10-13)17(20)22)27-19(24)14-5-4-6-15(25-2)16(14)26-3/h4-11H,1-3H3,(H2,20,22)(H,21,23)/t11-/m1/s1. The normalized spacial score (nSPS) is 11.2. The first-order valence-electron chi connectivity index (χ1n) is 8.00. The van der Waals surface area contributed by atoms with E-state index in [4.69, 9.17) is 19.9 Å². The quantitative estimate of drug-likeness (QED) is 0.718. The van der Waals surface area contributed by atoms with E-state index < -0.39 is 23.9 Å². The number of carbonyl (C=O) groups is 3. The van der Waals surface area contributed by atoms with Crippen LogP contribution in [0.25, 0.3) is 0 Å². The Morgan fingerprint density at radius 1 is 1.00 bits per heavy atom. The molecule has 2 rings (SSSR count). The third kappa shape index (κ3) is 4.75. The fraction of sp³-hybridized carbons (Fsp3) is 0.211. The lowest BCUT2D eigenvalue weighted by atomic mass is 10.2. The number of ether oxygens (including phenoxy) is 3. The van der Waals surface area contributed by atoms with E-state index in [1.54, 1.807) is 12.1 Å². The lowest BCUT2D eigenvalue weighted by molar-refractivity contribution is -0.123. The Hall–Kier alpha value is -3.55. The molecule has 2 amide bonds. The molecule has 3 N–H and O–H groups in total. The number of primary amides is 1. The molecule has 0 aliphatic carbocycles. The lowest BCUT2D eigenvalue weighted by Crippen LogP contribution is -2.30. The van der Waals surface area contributed by atoms with Gasteiger partial charge < -0.3 is 25.3 Å². The number of nitrogens with two attached hydrogens (primary N) is 1. The van der Waals surface area contributed by atoms with Gasteiger partial charge in [0.05, 0.1) is 14.2 Å². The zero-order valence-corrected chi connectivity index (χ0v) is 15.1. The molecule has 2 aromatic rings.